The summed E-state index contributed by atoms with van der Waals surface area (Å²) < 4.78 is 0. The fourth-order valence-electron chi connectivity index (χ4n) is 1.62. The summed E-state index contributed by atoms with van der Waals surface area (Å²) in [5, 5.41) is 10.7. The number of benzene rings is 1. The molecule has 0 unspecified atom stereocenters. The van der Waals surface area contributed by atoms with Gasteiger partial charge in [-0.1, -0.05) is 23.2 Å². The van der Waals surface area contributed by atoms with Crippen LogP contribution in [0.5, 0.6) is 0 Å². The van der Waals surface area contributed by atoms with E-state index in [1.807, 2.05) is 6.92 Å². The van der Waals surface area contributed by atoms with Gasteiger partial charge in [-0.25, -0.2) is 4.98 Å². The summed E-state index contributed by atoms with van der Waals surface area (Å²) in [6, 6.07) is 5.09. The smallest absolute Gasteiger partial charge is 0.308 e. The molecule has 2 aromatic rings. The largest absolute Gasteiger partial charge is 0.481 e. The molecule has 0 atom stereocenters. The number of aryl methyl sites for hydroxylation is 1. The number of hydrogen-bond acceptors (Lipinski definition) is 3. The first-order valence-electron chi connectivity index (χ1n) is 5.11. The highest BCUT2D eigenvalue weighted by Crippen LogP contribution is 2.34. The summed E-state index contributed by atoms with van der Waals surface area (Å²) in [5.41, 5.74) is 1.34. The van der Waals surface area contributed by atoms with Crippen molar-refractivity contribution in [1.82, 2.24) is 4.98 Å². The normalized spacial score (nSPS) is 10.6. The molecule has 1 heterocycles. The third-order valence-corrected chi connectivity index (χ3v) is 3.82. The number of carboxylic acid groups (broad SMARTS) is 1. The van der Waals surface area contributed by atoms with Crippen molar-refractivity contribution in [1.29, 1.82) is 0 Å². The second kappa shape index (κ2) is 5.26. The van der Waals surface area contributed by atoms with Gasteiger partial charge in [-0.2, -0.15) is 0 Å². The number of carbonyl (C=O) groups is 1. The Labute approximate surface area is 118 Å². The molecule has 1 N–H and O–H groups in total. The van der Waals surface area contributed by atoms with Crippen LogP contribution < -0.4 is 0 Å². The highest BCUT2D eigenvalue weighted by Gasteiger charge is 2.16. The van der Waals surface area contributed by atoms with Crippen molar-refractivity contribution in [3.05, 3.63) is 38.1 Å². The van der Waals surface area contributed by atoms with Crippen molar-refractivity contribution >= 4 is 40.5 Å². The molecule has 0 aliphatic rings. The molecule has 18 heavy (non-hydrogen) atoms. The average Bonchev–Trinajstić information content (AvgIpc) is 2.58. The second-order valence-corrected chi connectivity index (χ2v) is 5.83. The van der Waals surface area contributed by atoms with Gasteiger partial charge < -0.3 is 5.11 Å². The molecule has 0 saturated carbocycles. The van der Waals surface area contributed by atoms with Crippen molar-refractivity contribution in [2.75, 3.05) is 0 Å². The van der Waals surface area contributed by atoms with Gasteiger partial charge in [0.2, 0.25) is 0 Å². The molecule has 0 bridgehead atoms. The molecule has 2 rings (SSSR count). The average molecular weight is 302 g/mol. The monoisotopic (exact) mass is 301 g/mol. The molecule has 6 heteroatoms. The number of nitrogens with zero attached hydrogens (tertiary/aromatic N) is 1. The molecule has 1 aromatic carbocycles. The first-order valence-corrected chi connectivity index (χ1v) is 6.68. The molecule has 0 aliphatic carbocycles. The lowest BCUT2D eigenvalue weighted by molar-refractivity contribution is -0.136. The molecule has 3 nitrogen and oxygen atoms in total. The summed E-state index contributed by atoms with van der Waals surface area (Å²) in [4.78, 5) is 15.9. The SMILES string of the molecule is Cc1nc(-c2ccc(Cl)cc2Cl)c(CC(=O)O)s1. The number of thiazole rings is 1. The lowest BCUT2D eigenvalue weighted by atomic mass is 10.1. The zero-order valence-corrected chi connectivity index (χ0v) is 11.7. The van der Waals surface area contributed by atoms with E-state index >= 15 is 0 Å². The van der Waals surface area contributed by atoms with Crippen LogP contribution in [0.25, 0.3) is 11.3 Å². The molecule has 94 valence electrons. The number of halogens is 2. The Morgan fingerprint density at radius 1 is 1.44 bits per heavy atom. The second-order valence-electron chi connectivity index (χ2n) is 3.70. The zero-order chi connectivity index (χ0) is 13.3. The summed E-state index contributed by atoms with van der Waals surface area (Å²) in [6.07, 6.45) is -0.0558. The maximum atomic E-state index is 10.8. The van der Waals surface area contributed by atoms with E-state index in [1.54, 1.807) is 18.2 Å². The molecule has 1 aromatic heterocycles. The fraction of sp³-hybridized carbons (Fsp3) is 0.167. The highest BCUT2D eigenvalue weighted by atomic mass is 35.5. The van der Waals surface area contributed by atoms with E-state index in [0.717, 1.165) is 5.01 Å². The number of hydrogen-bond donors (Lipinski definition) is 1. The molecular weight excluding hydrogens is 293 g/mol. The zero-order valence-electron chi connectivity index (χ0n) is 9.41. The molecular formula is C12H9Cl2NO2S. The van der Waals surface area contributed by atoms with Gasteiger partial charge >= 0.3 is 5.97 Å². The van der Waals surface area contributed by atoms with Crippen LogP contribution in [0, 0.1) is 6.92 Å². The lowest BCUT2D eigenvalue weighted by Crippen LogP contribution is -1.99. The van der Waals surface area contributed by atoms with Gasteiger partial charge in [0, 0.05) is 15.5 Å². The Morgan fingerprint density at radius 2 is 2.17 bits per heavy atom. The minimum absolute atomic E-state index is 0.0558. The van der Waals surface area contributed by atoms with Gasteiger partial charge in [-0.05, 0) is 25.1 Å². The molecule has 0 radical (unpaired) electrons. The van der Waals surface area contributed by atoms with Crippen LogP contribution in [0.4, 0.5) is 0 Å². The maximum absolute atomic E-state index is 10.8. The standard InChI is InChI=1S/C12H9Cl2NO2S/c1-6-15-12(10(18-6)5-11(16)17)8-3-2-7(13)4-9(8)14/h2-4H,5H2,1H3,(H,16,17). The first-order chi connectivity index (χ1) is 8.47. The van der Waals surface area contributed by atoms with E-state index in [4.69, 9.17) is 28.3 Å². The molecule has 0 aliphatic heterocycles. The molecule has 0 saturated heterocycles. The van der Waals surface area contributed by atoms with Crippen molar-refractivity contribution in [2.45, 2.75) is 13.3 Å². The summed E-state index contributed by atoms with van der Waals surface area (Å²) in [7, 11) is 0. The van der Waals surface area contributed by atoms with E-state index in [0.29, 0.717) is 26.2 Å². The van der Waals surface area contributed by atoms with Gasteiger partial charge in [-0.3, -0.25) is 4.79 Å². The van der Waals surface area contributed by atoms with Crippen LogP contribution in [0.1, 0.15) is 9.88 Å². The van der Waals surface area contributed by atoms with Crippen molar-refractivity contribution < 1.29 is 9.90 Å². The Morgan fingerprint density at radius 3 is 2.78 bits per heavy atom. The van der Waals surface area contributed by atoms with E-state index in [1.165, 1.54) is 11.3 Å². The summed E-state index contributed by atoms with van der Waals surface area (Å²) in [5.74, 6) is -0.884. The fourth-order valence-corrected chi connectivity index (χ4v) is 3.06. The van der Waals surface area contributed by atoms with Gasteiger partial charge in [-0.15, -0.1) is 11.3 Å². The predicted molar refractivity (Wildman–Crippen MR) is 73.6 cm³/mol. The van der Waals surface area contributed by atoms with E-state index in [9.17, 15) is 4.79 Å². The summed E-state index contributed by atoms with van der Waals surface area (Å²) in [6.45, 7) is 1.84. The third-order valence-electron chi connectivity index (χ3n) is 2.30. The van der Waals surface area contributed by atoms with E-state index < -0.39 is 5.97 Å². The summed E-state index contributed by atoms with van der Waals surface area (Å²) >= 11 is 13.3. The third kappa shape index (κ3) is 2.83. The van der Waals surface area contributed by atoms with Crippen LogP contribution in [0.3, 0.4) is 0 Å². The van der Waals surface area contributed by atoms with E-state index in [-0.39, 0.29) is 6.42 Å². The Bertz CT molecular complexity index is 610. The Kier molecular flexibility index (Phi) is 3.90. The van der Waals surface area contributed by atoms with Gasteiger partial charge in [0.25, 0.3) is 0 Å². The van der Waals surface area contributed by atoms with Crippen LogP contribution in [-0.2, 0) is 11.2 Å². The first kappa shape index (κ1) is 13.3. The predicted octanol–water partition coefficient (Wildman–Crippen LogP) is 4.05. The highest BCUT2D eigenvalue weighted by molar-refractivity contribution is 7.12. The Balaban J connectivity index is 2.52. The number of rotatable bonds is 3. The Hall–Kier alpha value is -1.10. The van der Waals surface area contributed by atoms with Gasteiger partial charge in [0.15, 0.2) is 0 Å². The van der Waals surface area contributed by atoms with Crippen LogP contribution in [0.2, 0.25) is 10.0 Å². The van der Waals surface area contributed by atoms with Crippen molar-refractivity contribution in [2.24, 2.45) is 0 Å². The number of carboxylic acids is 1. The van der Waals surface area contributed by atoms with Crippen molar-refractivity contribution in [3.8, 4) is 11.3 Å². The number of aromatic nitrogens is 1. The minimum Gasteiger partial charge on any atom is -0.481 e. The minimum atomic E-state index is -0.884. The maximum Gasteiger partial charge on any atom is 0.308 e. The van der Waals surface area contributed by atoms with Gasteiger partial charge in [0.05, 0.1) is 22.1 Å². The van der Waals surface area contributed by atoms with Crippen LogP contribution in [0.15, 0.2) is 18.2 Å². The molecule has 0 amide bonds. The van der Waals surface area contributed by atoms with Crippen molar-refractivity contribution in [3.63, 3.8) is 0 Å². The molecule has 0 fully saturated rings. The topological polar surface area (TPSA) is 50.2 Å². The van der Waals surface area contributed by atoms with Gasteiger partial charge in [0.1, 0.15) is 0 Å². The van der Waals surface area contributed by atoms with E-state index in [2.05, 4.69) is 4.98 Å². The quantitative estimate of drug-likeness (QED) is 0.930. The lowest BCUT2D eigenvalue weighted by Gasteiger charge is -2.03. The van der Waals surface area contributed by atoms with Crippen LogP contribution >= 0.6 is 34.5 Å². The molecule has 0 spiro atoms. The van der Waals surface area contributed by atoms with Crippen LogP contribution in [-0.4, -0.2) is 16.1 Å². The number of aliphatic carboxylic acids is 1.